The summed E-state index contributed by atoms with van der Waals surface area (Å²) in [7, 11) is 1.65. The van der Waals surface area contributed by atoms with Crippen LogP contribution in [0, 0.1) is 0 Å². The number of benzene rings is 1. The van der Waals surface area contributed by atoms with Crippen molar-refractivity contribution in [2.75, 3.05) is 58.6 Å². The van der Waals surface area contributed by atoms with E-state index < -0.39 is 0 Å². The van der Waals surface area contributed by atoms with Crippen LogP contribution in [0.4, 0.5) is 5.69 Å². The maximum absolute atomic E-state index is 12.3. The van der Waals surface area contributed by atoms with Crippen molar-refractivity contribution >= 4 is 24.3 Å². The molecule has 1 aromatic carbocycles. The van der Waals surface area contributed by atoms with E-state index in [1.54, 1.807) is 25.2 Å². The van der Waals surface area contributed by atoms with Gasteiger partial charge in [0.2, 0.25) is 12.3 Å². The summed E-state index contributed by atoms with van der Waals surface area (Å²) >= 11 is 0. The number of nitrogens with one attached hydrogen (secondary N) is 2. The Bertz CT molecular complexity index is 675. The van der Waals surface area contributed by atoms with Crippen molar-refractivity contribution in [1.82, 2.24) is 10.4 Å². The summed E-state index contributed by atoms with van der Waals surface area (Å²) in [4.78, 5) is 34.2. The summed E-state index contributed by atoms with van der Waals surface area (Å²) in [6.45, 7) is 2.86. The van der Waals surface area contributed by atoms with Crippen LogP contribution in [0.2, 0.25) is 0 Å². The second-order valence-electron chi connectivity index (χ2n) is 6.70. The van der Waals surface area contributed by atoms with Crippen molar-refractivity contribution in [2.24, 2.45) is 11.5 Å². The SMILES string of the molecule is CN(Cc1c(C=O)cccc1NC(=O)CCOCC(N)COCCOCCN)NC=O. The molecule has 1 aromatic rings. The van der Waals surface area contributed by atoms with Gasteiger partial charge in [-0.1, -0.05) is 12.1 Å². The Labute approximate surface area is 182 Å². The lowest BCUT2D eigenvalue weighted by Crippen LogP contribution is -2.33. The van der Waals surface area contributed by atoms with Crippen molar-refractivity contribution in [3.05, 3.63) is 29.3 Å². The predicted octanol–water partition coefficient (Wildman–Crippen LogP) is -0.744. The highest BCUT2D eigenvalue weighted by Gasteiger charge is 2.13. The molecule has 0 saturated heterocycles. The van der Waals surface area contributed by atoms with E-state index in [0.29, 0.717) is 62.5 Å². The molecular weight excluding hydrogens is 406 g/mol. The summed E-state index contributed by atoms with van der Waals surface area (Å²) in [5, 5.41) is 4.28. The van der Waals surface area contributed by atoms with Crippen molar-refractivity contribution < 1.29 is 28.6 Å². The van der Waals surface area contributed by atoms with Gasteiger partial charge in [0.15, 0.2) is 0 Å². The number of anilines is 1. The highest BCUT2D eigenvalue weighted by molar-refractivity contribution is 5.93. The lowest BCUT2D eigenvalue weighted by atomic mass is 10.1. The molecule has 1 rings (SSSR count). The Morgan fingerprint density at radius 3 is 2.52 bits per heavy atom. The van der Waals surface area contributed by atoms with E-state index in [9.17, 15) is 14.4 Å². The molecule has 174 valence electrons. The fourth-order valence-electron chi connectivity index (χ4n) is 2.58. The van der Waals surface area contributed by atoms with E-state index >= 15 is 0 Å². The third kappa shape index (κ3) is 11.5. The molecule has 0 bridgehead atoms. The molecule has 0 spiro atoms. The summed E-state index contributed by atoms with van der Waals surface area (Å²) in [6.07, 6.45) is 1.36. The Hall–Kier alpha value is -2.41. The quantitative estimate of drug-likeness (QED) is 0.131. The number of hydrazine groups is 1. The first-order chi connectivity index (χ1) is 15.0. The van der Waals surface area contributed by atoms with Crippen LogP contribution in [0.3, 0.4) is 0 Å². The number of amides is 2. The number of ether oxygens (including phenoxy) is 3. The van der Waals surface area contributed by atoms with Crippen LogP contribution in [-0.2, 0) is 30.3 Å². The second-order valence-corrected chi connectivity index (χ2v) is 6.70. The molecule has 6 N–H and O–H groups in total. The first kappa shape index (κ1) is 26.6. The van der Waals surface area contributed by atoms with E-state index in [0.717, 1.165) is 0 Å². The van der Waals surface area contributed by atoms with Crippen LogP contribution >= 0.6 is 0 Å². The highest BCUT2D eigenvalue weighted by atomic mass is 16.5. The zero-order valence-corrected chi connectivity index (χ0v) is 17.9. The fraction of sp³-hybridized carbons (Fsp3) is 0.550. The molecule has 0 saturated carbocycles. The minimum Gasteiger partial charge on any atom is -0.379 e. The monoisotopic (exact) mass is 439 g/mol. The molecule has 11 heteroatoms. The van der Waals surface area contributed by atoms with Crippen molar-refractivity contribution in [2.45, 2.75) is 19.0 Å². The molecule has 0 aliphatic carbocycles. The fourth-order valence-corrected chi connectivity index (χ4v) is 2.58. The molecule has 0 aliphatic heterocycles. The Balaban J connectivity index is 2.37. The van der Waals surface area contributed by atoms with Crippen molar-refractivity contribution in [3.63, 3.8) is 0 Å². The van der Waals surface area contributed by atoms with Crippen LogP contribution < -0.4 is 22.2 Å². The number of hydrogen-bond acceptors (Lipinski definition) is 9. The van der Waals surface area contributed by atoms with Gasteiger partial charge in [0, 0.05) is 37.0 Å². The first-order valence-electron chi connectivity index (χ1n) is 9.98. The largest absolute Gasteiger partial charge is 0.379 e. The average Bonchev–Trinajstić information content (AvgIpc) is 2.75. The molecule has 1 atom stereocenters. The van der Waals surface area contributed by atoms with E-state index in [4.69, 9.17) is 25.7 Å². The summed E-state index contributed by atoms with van der Waals surface area (Å²) in [5.74, 6) is -0.267. The molecule has 2 amide bonds. The number of carbonyl (C=O) groups excluding carboxylic acids is 3. The van der Waals surface area contributed by atoms with Crippen LogP contribution in [0.1, 0.15) is 22.3 Å². The number of rotatable bonds is 18. The second kappa shape index (κ2) is 16.3. The van der Waals surface area contributed by atoms with Gasteiger partial charge < -0.3 is 31.0 Å². The smallest absolute Gasteiger partial charge is 0.226 e. The maximum Gasteiger partial charge on any atom is 0.226 e. The van der Waals surface area contributed by atoms with Gasteiger partial charge in [-0.2, -0.15) is 0 Å². The van der Waals surface area contributed by atoms with Gasteiger partial charge >= 0.3 is 0 Å². The minimum absolute atomic E-state index is 0.119. The third-order valence-electron chi connectivity index (χ3n) is 4.05. The van der Waals surface area contributed by atoms with Crippen molar-refractivity contribution in [1.29, 1.82) is 0 Å². The van der Waals surface area contributed by atoms with Crippen molar-refractivity contribution in [3.8, 4) is 0 Å². The third-order valence-corrected chi connectivity index (χ3v) is 4.05. The lowest BCUT2D eigenvalue weighted by Gasteiger charge is -2.19. The van der Waals surface area contributed by atoms with E-state index in [1.165, 1.54) is 5.01 Å². The van der Waals surface area contributed by atoms with Gasteiger partial charge in [-0.25, -0.2) is 5.01 Å². The van der Waals surface area contributed by atoms with Gasteiger partial charge in [-0.15, -0.1) is 0 Å². The van der Waals surface area contributed by atoms with Crippen LogP contribution in [0.25, 0.3) is 0 Å². The van der Waals surface area contributed by atoms with Crippen LogP contribution in [0.5, 0.6) is 0 Å². The van der Waals surface area contributed by atoms with Crippen LogP contribution in [0.15, 0.2) is 18.2 Å². The molecule has 1 unspecified atom stereocenters. The number of carbonyl (C=O) groups is 3. The topological polar surface area (TPSA) is 158 Å². The molecule has 0 aliphatic rings. The lowest BCUT2D eigenvalue weighted by molar-refractivity contribution is -0.117. The molecule has 31 heavy (non-hydrogen) atoms. The highest BCUT2D eigenvalue weighted by Crippen LogP contribution is 2.20. The van der Waals surface area contributed by atoms with Gasteiger partial charge in [-0.3, -0.25) is 19.8 Å². The van der Waals surface area contributed by atoms with E-state index in [-0.39, 0.29) is 38.1 Å². The Morgan fingerprint density at radius 2 is 1.84 bits per heavy atom. The zero-order valence-electron chi connectivity index (χ0n) is 17.9. The zero-order chi connectivity index (χ0) is 22.9. The number of nitrogens with zero attached hydrogens (tertiary/aromatic N) is 1. The molecule has 11 nitrogen and oxygen atoms in total. The molecule has 0 aromatic heterocycles. The van der Waals surface area contributed by atoms with Gasteiger partial charge in [-0.05, 0) is 6.07 Å². The predicted molar refractivity (Wildman–Crippen MR) is 115 cm³/mol. The summed E-state index contributed by atoms with van der Waals surface area (Å²) in [5.41, 5.74) is 15.2. The van der Waals surface area contributed by atoms with E-state index in [1.807, 2.05) is 0 Å². The molecule has 0 fully saturated rings. The number of hydrogen-bond donors (Lipinski definition) is 4. The number of nitrogens with two attached hydrogens (primary N) is 2. The minimum atomic E-state index is -0.311. The van der Waals surface area contributed by atoms with Gasteiger partial charge in [0.25, 0.3) is 0 Å². The van der Waals surface area contributed by atoms with E-state index in [2.05, 4.69) is 10.7 Å². The molecular formula is C20H33N5O6. The summed E-state index contributed by atoms with van der Waals surface area (Å²) in [6, 6.07) is 4.70. The average molecular weight is 440 g/mol. The number of aldehydes is 1. The Kier molecular flexibility index (Phi) is 14.0. The van der Waals surface area contributed by atoms with Crippen LogP contribution in [-0.4, -0.2) is 82.9 Å². The normalized spacial score (nSPS) is 11.9. The van der Waals surface area contributed by atoms with Gasteiger partial charge in [0.05, 0.1) is 52.1 Å². The van der Waals surface area contributed by atoms with Gasteiger partial charge in [0.1, 0.15) is 6.29 Å². The molecule has 0 heterocycles. The Morgan fingerprint density at radius 1 is 1.13 bits per heavy atom. The standard InChI is InChI=1S/C20H33N5O6/c1-25(23-15-27)11-18-16(12-26)3-2-4-19(18)24-20(28)5-7-30-13-17(22)14-31-10-9-29-8-6-21/h2-4,12,15,17H,5-11,13-14,21-22H2,1H3,(H,23,27)(H,24,28). The molecule has 0 radical (unpaired) electrons. The first-order valence-corrected chi connectivity index (χ1v) is 9.98. The summed E-state index contributed by atoms with van der Waals surface area (Å²) < 4.78 is 16.0. The maximum atomic E-state index is 12.3.